The van der Waals surface area contributed by atoms with E-state index in [2.05, 4.69) is 46.8 Å². The summed E-state index contributed by atoms with van der Waals surface area (Å²) in [5.74, 6) is 0.764. The van der Waals surface area contributed by atoms with Gasteiger partial charge in [-0.1, -0.05) is 46.8 Å². The lowest BCUT2D eigenvalue weighted by Crippen LogP contribution is -2.25. The van der Waals surface area contributed by atoms with Gasteiger partial charge in [-0.05, 0) is 16.7 Å². The van der Waals surface area contributed by atoms with Crippen LogP contribution in [0.1, 0.15) is 34.6 Å². The molecule has 0 saturated heterocycles. The number of hydrogen-bond acceptors (Lipinski definition) is 0. The molecule has 0 fully saturated rings. The molecule has 0 heteroatoms. The van der Waals surface area contributed by atoms with Gasteiger partial charge in [0.15, 0.2) is 0 Å². The van der Waals surface area contributed by atoms with Crippen molar-refractivity contribution in [3.8, 4) is 0 Å². The van der Waals surface area contributed by atoms with E-state index in [0.29, 0.717) is 10.8 Å². The van der Waals surface area contributed by atoms with Crippen LogP contribution in [-0.2, 0) is 0 Å². The van der Waals surface area contributed by atoms with Crippen molar-refractivity contribution in [1.29, 1.82) is 0 Å². The molecular weight excluding hydrogens is 120 g/mol. The first kappa shape index (κ1) is 7.84. The third-order valence-corrected chi connectivity index (χ3v) is 3.17. The lowest BCUT2D eigenvalue weighted by Gasteiger charge is -2.32. The molecule has 0 radical (unpaired) electrons. The zero-order chi connectivity index (χ0) is 7.99. The fourth-order valence-electron chi connectivity index (χ4n) is 1.68. The second kappa shape index (κ2) is 1.87. The highest BCUT2D eigenvalue weighted by atomic mass is 14.4. The van der Waals surface area contributed by atoms with E-state index in [4.69, 9.17) is 0 Å². The quantitative estimate of drug-likeness (QED) is 0.451. The molecule has 0 aromatic carbocycles. The first-order chi connectivity index (χ1) is 4.36. The van der Waals surface area contributed by atoms with Gasteiger partial charge in [-0.25, -0.2) is 0 Å². The van der Waals surface area contributed by atoms with E-state index >= 15 is 0 Å². The molecule has 0 aromatic heterocycles. The van der Waals surface area contributed by atoms with Crippen LogP contribution in [0.15, 0.2) is 12.2 Å². The van der Waals surface area contributed by atoms with Gasteiger partial charge in [0.1, 0.15) is 0 Å². The van der Waals surface area contributed by atoms with Crippen molar-refractivity contribution in [3.63, 3.8) is 0 Å². The highest BCUT2D eigenvalue weighted by Crippen LogP contribution is 2.47. The average molecular weight is 138 g/mol. The molecule has 0 saturated carbocycles. The Morgan fingerprint density at radius 2 is 1.20 bits per heavy atom. The Morgan fingerprint density at radius 1 is 0.900 bits per heavy atom. The van der Waals surface area contributed by atoms with E-state index < -0.39 is 0 Å². The summed E-state index contributed by atoms with van der Waals surface area (Å²) in [6, 6.07) is 0. The van der Waals surface area contributed by atoms with Gasteiger partial charge in [0, 0.05) is 0 Å². The summed E-state index contributed by atoms with van der Waals surface area (Å²) < 4.78 is 0. The van der Waals surface area contributed by atoms with E-state index in [9.17, 15) is 0 Å². The van der Waals surface area contributed by atoms with Gasteiger partial charge in [0.05, 0.1) is 0 Å². The minimum atomic E-state index is 0.406. The van der Waals surface area contributed by atoms with Crippen molar-refractivity contribution in [2.75, 3.05) is 0 Å². The fraction of sp³-hybridized carbons (Fsp3) is 0.800. The molecule has 0 heterocycles. The van der Waals surface area contributed by atoms with Gasteiger partial charge in [-0.3, -0.25) is 0 Å². The Kier molecular flexibility index (Phi) is 1.47. The first-order valence-corrected chi connectivity index (χ1v) is 4.07. The van der Waals surface area contributed by atoms with Crippen molar-refractivity contribution in [2.45, 2.75) is 34.6 Å². The zero-order valence-electron chi connectivity index (χ0n) is 7.73. The Hall–Kier alpha value is -0.260. The van der Waals surface area contributed by atoms with Crippen LogP contribution in [0, 0.1) is 16.7 Å². The van der Waals surface area contributed by atoms with Crippen LogP contribution in [0.2, 0.25) is 0 Å². The molecule has 10 heavy (non-hydrogen) atoms. The van der Waals surface area contributed by atoms with Crippen LogP contribution in [0.25, 0.3) is 0 Å². The Morgan fingerprint density at radius 3 is 1.30 bits per heavy atom. The monoisotopic (exact) mass is 138 g/mol. The number of rotatable bonds is 0. The highest BCUT2D eigenvalue weighted by molar-refractivity contribution is 5.14. The predicted octanol–water partition coefficient (Wildman–Crippen LogP) is 3.24. The van der Waals surface area contributed by atoms with Crippen molar-refractivity contribution in [2.24, 2.45) is 16.7 Å². The molecule has 0 spiro atoms. The summed E-state index contributed by atoms with van der Waals surface area (Å²) in [6.45, 7) is 11.6. The number of hydrogen-bond donors (Lipinski definition) is 0. The van der Waals surface area contributed by atoms with E-state index in [1.54, 1.807) is 0 Å². The third-order valence-electron chi connectivity index (χ3n) is 3.17. The van der Waals surface area contributed by atoms with Crippen LogP contribution in [0.4, 0.5) is 0 Å². The Bertz CT molecular complexity index is 143. The van der Waals surface area contributed by atoms with Crippen LogP contribution in [-0.4, -0.2) is 0 Å². The lowest BCUT2D eigenvalue weighted by molar-refractivity contribution is 0.203. The van der Waals surface area contributed by atoms with Crippen LogP contribution < -0.4 is 0 Å². The summed E-state index contributed by atoms with van der Waals surface area (Å²) in [5, 5.41) is 0. The molecule has 0 nitrogen and oxygen atoms in total. The molecule has 0 unspecified atom stereocenters. The van der Waals surface area contributed by atoms with Crippen LogP contribution in [0.5, 0.6) is 0 Å². The molecule has 0 amide bonds. The van der Waals surface area contributed by atoms with Gasteiger partial charge in [0.2, 0.25) is 0 Å². The summed E-state index contributed by atoms with van der Waals surface area (Å²) in [4.78, 5) is 0. The van der Waals surface area contributed by atoms with Crippen LogP contribution in [0.3, 0.4) is 0 Å². The molecule has 0 aromatic rings. The molecule has 0 N–H and O–H groups in total. The van der Waals surface area contributed by atoms with Gasteiger partial charge in [0.25, 0.3) is 0 Å². The molecule has 1 rings (SSSR count). The minimum Gasteiger partial charge on any atom is -0.0820 e. The first-order valence-electron chi connectivity index (χ1n) is 4.07. The zero-order valence-corrected chi connectivity index (χ0v) is 7.73. The van der Waals surface area contributed by atoms with Gasteiger partial charge >= 0.3 is 0 Å². The summed E-state index contributed by atoms with van der Waals surface area (Å²) in [7, 11) is 0. The van der Waals surface area contributed by atoms with E-state index in [-0.39, 0.29) is 0 Å². The SMILES string of the molecule is CC1C(C)(C)C=CC1(C)C. The van der Waals surface area contributed by atoms with Crippen LogP contribution >= 0.6 is 0 Å². The Balaban J connectivity index is 2.88. The Labute approximate surface area is 64.3 Å². The van der Waals surface area contributed by atoms with E-state index in [1.165, 1.54) is 0 Å². The standard InChI is InChI=1S/C10H18/c1-8-9(2,3)6-7-10(8,4)5/h6-8H,1-5H3. The molecule has 1 aliphatic rings. The largest absolute Gasteiger partial charge is 0.0820 e. The summed E-state index contributed by atoms with van der Waals surface area (Å²) in [6.07, 6.45) is 4.69. The molecule has 58 valence electrons. The van der Waals surface area contributed by atoms with Crippen molar-refractivity contribution in [3.05, 3.63) is 12.2 Å². The van der Waals surface area contributed by atoms with Crippen molar-refractivity contribution >= 4 is 0 Å². The summed E-state index contributed by atoms with van der Waals surface area (Å²) in [5.41, 5.74) is 0.812. The maximum atomic E-state index is 2.34. The van der Waals surface area contributed by atoms with Crippen molar-refractivity contribution < 1.29 is 0 Å². The minimum absolute atomic E-state index is 0.406. The topological polar surface area (TPSA) is 0 Å². The molecule has 0 aliphatic heterocycles. The predicted molar refractivity (Wildman–Crippen MR) is 45.9 cm³/mol. The fourth-order valence-corrected chi connectivity index (χ4v) is 1.68. The highest BCUT2D eigenvalue weighted by Gasteiger charge is 2.38. The normalized spacial score (nSPS) is 29.3. The smallest absolute Gasteiger partial charge is 0.0141 e. The van der Waals surface area contributed by atoms with E-state index in [1.807, 2.05) is 0 Å². The maximum absolute atomic E-state index is 2.34. The van der Waals surface area contributed by atoms with Crippen molar-refractivity contribution in [1.82, 2.24) is 0 Å². The second-order valence-electron chi connectivity index (χ2n) is 4.70. The molecular formula is C10H18. The summed E-state index contributed by atoms with van der Waals surface area (Å²) >= 11 is 0. The molecule has 1 aliphatic carbocycles. The second-order valence-corrected chi connectivity index (χ2v) is 4.70. The number of allylic oxidation sites excluding steroid dienone is 2. The van der Waals surface area contributed by atoms with Gasteiger partial charge in [-0.15, -0.1) is 0 Å². The molecule has 0 atom stereocenters. The lowest BCUT2D eigenvalue weighted by atomic mass is 9.72. The maximum Gasteiger partial charge on any atom is -0.0141 e. The van der Waals surface area contributed by atoms with Gasteiger partial charge in [-0.2, -0.15) is 0 Å². The average Bonchev–Trinajstić information content (AvgIpc) is 1.95. The third kappa shape index (κ3) is 1.00. The molecule has 0 bridgehead atoms. The van der Waals surface area contributed by atoms with E-state index in [0.717, 1.165) is 5.92 Å². The van der Waals surface area contributed by atoms with Gasteiger partial charge < -0.3 is 0 Å².